The van der Waals surface area contributed by atoms with Crippen LogP contribution in [-0.4, -0.2) is 26.2 Å². The van der Waals surface area contributed by atoms with E-state index in [1.54, 1.807) is 0 Å². The van der Waals surface area contributed by atoms with Gasteiger partial charge in [-0.15, -0.1) is 0 Å². The van der Waals surface area contributed by atoms with Crippen LogP contribution in [0.3, 0.4) is 0 Å². The van der Waals surface area contributed by atoms with Gasteiger partial charge in [0.15, 0.2) is 0 Å². The molecule has 2 rings (SSSR count). The lowest BCUT2D eigenvalue weighted by Crippen LogP contribution is -2.41. The van der Waals surface area contributed by atoms with Crippen molar-refractivity contribution < 1.29 is 0 Å². The van der Waals surface area contributed by atoms with E-state index in [1.807, 2.05) is 0 Å². The quantitative estimate of drug-likeness (QED) is 0.838. The van der Waals surface area contributed by atoms with Crippen LogP contribution in [0.15, 0.2) is 24.3 Å². The van der Waals surface area contributed by atoms with Gasteiger partial charge in [-0.25, -0.2) is 0 Å². The second-order valence-corrected chi connectivity index (χ2v) is 4.53. The number of nitrogens with one attached hydrogen (secondary N) is 1. The van der Waals surface area contributed by atoms with Crippen LogP contribution in [0.2, 0.25) is 0 Å². The zero-order valence-electron chi connectivity index (χ0n) is 10.4. The lowest BCUT2D eigenvalue weighted by Gasteiger charge is -2.34. The number of benzene rings is 1. The molecule has 1 saturated heterocycles. The van der Waals surface area contributed by atoms with E-state index in [1.165, 1.54) is 37.2 Å². The smallest absolute Gasteiger partial charge is 0.0398 e. The number of nitrogens with zero attached hydrogens (tertiary/aromatic N) is 1. The Morgan fingerprint density at radius 2 is 1.94 bits per heavy atom. The third kappa shape index (κ3) is 2.38. The molecule has 0 spiro atoms. The van der Waals surface area contributed by atoms with E-state index in [0.29, 0.717) is 6.04 Å². The summed E-state index contributed by atoms with van der Waals surface area (Å²) >= 11 is 0. The monoisotopic (exact) mass is 218 g/mol. The van der Waals surface area contributed by atoms with Gasteiger partial charge < -0.3 is 10.2 Å². The summed E-state index contributed by atoms with van der Waals surface area (Å²) in [6, 6.07) is 9.52. The van der Waals surface area contributed by atoms with Crippen LogP contribution >= 0.6 is 0 Å². The van der Waals surface area contributed by atoms with Crippen molar-refractivity contribution in [3.05, 3.63) is 29.8 Å². The molecule has 1 N–H and O–H groups in total. The molecule has 1 aromatic carbocycles. The molecule has 0 aromatic heterocycles. The molecule has 1 aliphatic heterocycles. The maximum Gasteiger partial charge on any atom is 0.0398 e. The topological polar surface area (TPSA) is 15.3 Å². The first-order valence-electron chi connectivity index (χ1n) is 6.35. The molecule has 0 unspecified atom stereocenters. The van der Waals surface area contributed by atoms with E-state index in [4.69, 9.17) is 0 Å². The van der Waals surface area contributed by atoms with E-state index in [-0.39, 0.29) is 0 Å². The molecule has 16 heavy (non-hydrogen) atoms. The number of rotatable bonds is 3. The van der Waals surface area contributed by atoms with Crippen molar-refractivity contribution in [2.24, 2.45) is 0 Å². The minimum atomic E-state index is 0.713. The molecule has 0 atom stereocenters. The van der Waals surface area contributed by atoms with Gasteiger partial charge in [-0.2, -0.15) is 0 Å². The summed E-state index contributed by atoms with van der Waals surface area (Å²) in [6.45, 7) is 4.60. The highest BCUT2D eigenvalue weighted by Gasteiger charge is 2.18. The molecule has 1 heterocycles. The summed E-state index contributed by atoms with van der Waals surface area (Å²) in [5.74, 6) is 0. The summed E-state index contributed by atoms with van der Waals surface area (Å²) < 4.78 is 0. The highest BCUT2D eigenvalue weighted by molar-refractivity contribution is 5.53. The van der Waals surface area contributed by atoms with E-state index < -0.39 is 0 Å². The van der Waals surface area contributed by atoms with Gasteiger partial charge in [0.25, 0.3) is 0 Å². The molecular formula is C14H22N2. The first-order chi connectivity index (χ1) is 7.85. The van der Waals surface area contributed by atoms with Crippen LogP contribution in [0.5, 0.6) is 0 Å². The third-order valence-electron chi connectivity index (χ3n) is 3.62. The molecule has 2 nitrogen and oxygen atoms in total. The van der Waals surface area contributed by atoms with Crippen LogP contribution in [0.1, 0.15) is 25.3 Å². The maximum absolute atomic E-state index is 3.38. The molecule has 0 saturated carbocycles. The van der Waals surface area contributed by atoms with Crippen LogP contribution < -0.4 is 10.2 Å². The van der Waals surface area contributed by atoms with Gasteiger partial charge >= 0.3 is 0 Å². The number of hydrogen-bond donors (Lipinski definition) is 1. The van der Waals surface area contributed by atoms with Crippen molar-refractivity contribution in [1.29, 1.82) is 0 Å². The van der Waals surface area contributed by atoms with Crippen molar-refractivity contribution in [1.82, 2.24) is 5.32 Å². The van der Waals surface area contributed by atoms with Crippen molar-refractivity contribution in [2.45, 2.75) is 32.2 Å². The average Bonchev–Trinajstić information content (AvgIpc) is 2.39. The summed E-state index contributed by atoms with van der Waals surface area (Å²) in [5.41, 5.74) is 2.92. The van der Waals surface area contributed by atoms with Crippen LogP contribution in [0, 0.1) is 0 Å². The molecule has 1 aromatic rings. The van der Waals surface area contributed by atoms with Gasteiger partial charge in [0.2, 0.25) is 0 Å². The van der Waals surface area contributed by atoms with Gasteiger partial charge in [0, 0.05) is 24.8 Å². The van der Waals surface area contributed by atoms with Crippen molar-refractivity contribution in [3.8, 4) is 0 Å². The molecule has 1 aliphatic rings. The Bertz CT molecular complexity index is 327. The predicted molar refractivity (Wildman–Crippen MR) is 70.1 cm³/mol. The molecule has 0 aliphatic carbocycles. The van der Waals surface area contributed by atoms with E-state index in [9.17, 15) is 0 Å². The highest BCUT2D eigenvalue weighted by Crippen LogP contribution is 2.24. The second-order valence-electron chi connectivity index (χ2n) is 4.53. The van der Waals surface area contributed by atoms with Crippen molar-refractivity contribution in [3.63, 3.8) is 0 Å². The molecule has 0 bridgehead atoms. The Morgan fingerprint density at radius 3 is 2.56 bits per heavy atom. The molecular weight excluding hydrogens is 196 g/mol. The maximum atomic E-state index is 3.38. The zero-order chi connectivity index (χ0) is 11.4. The molecule has 1 fully saturated rings. The lowest BCUT2D eigenvalue weighted by molar-refractivity contribution is 0.442. The molecule has 2 heteroatoms. The molecule has 0 amide bonds. The summed E-state index contributed by atoms with van der Waals surface area (Å²) in [4.78, 5) is 2.53. The Kier molecular flexibility index (Phi) is 3.83. The minimum absolute atomic E-state index is 0.713. The van der Waals surface area contributed by atoms with E-state index in [0.717, 1.165) is 6.42 Å². The van der Waals surface area contributed by atoms with Crippen LogP contribution in [0.25, 0.3) is 0 Å². The first kappa shape index (κ1) is 11.5. The van der Waals surface area contributed by atoms with Gasteiger partial charge in [-0.3, -0.25) is 0 Å². The minimum Gasteiger partial charge on any atom is -0.371 e. The fourth-order valence-corrected chi connectivity index (χ4v) is 2.53. The Labute approximate surface area is 98.7 Å². The van der Waals surface area contributed by atoms with Gasteiger partial charge in [-0.05, 0) is 37.9 Å². The number of para-hydroxylation sites is 1. The normalized spacial score (nSPS) is 17.8. The summed E-state index contributed by atoms with van der Waals surface area (Å²) in [7, 11) is 2.07. The van der Waals surface area contributed by atoms with Gasteiger partial charge in [0.1, 0.15) is 0 Å². The second kappa shape index (κ2) is 5.35. The average molecular weight is 218 g/mol. The Hall–Kier alpha value is -1.02. The number of hydrogen-bond acceptors (Lipinski definition) is 2. The zero-order valence-corrected chi connectivity index (χ0v) is 10.4. The number of anilines is 1. The number of piperidine rings is 1. The van der Waals surface area contributed by atoms with Crippen molar-refractivity contribution in [2.75, 3.05) is 25.0 Å². The standard InChI is InChI=1S/C14H22N2/c1-3-12-6-4-5-7-14(12)16-10-8-13(15-2)9-11-16/h4-7,13,15H,3,8-11H2,1-2H3. The van der Waals surface area contributed by atoms with Crippen molar-refractivity contribution >= 4 is 5.69 Å². The first-order valence-corrected chi connectivity index (χ1v) is 6.35. The summed E-state index contributed by atoms with van der Waals surface area (Å²) in [5, 5.41) is 3.38. The van der Waals surface area contributed by atoms with Gasteiger partial charge in [0.05, 0.1) is 0 Å². The Morgan fingerprint density at radius 1 is 1.25 bits per heavy atom. The SMILES string of the molecule is CCc1ccccc1N1CCC(NC)CC1. The van der Waals surface area contributed by atoms with E-state index >= 15 is 0 Å². The summed E-state index contributed by atoms with van der Waals surface area (Å²) in [6.07, 6.45) is 3.64. The fourth-order valence-electron chi connectivity index (χ4n) is 2.53. The predicted octanol–water partition coefficient (Wildman–Crippen LogP) is 2.44. The molecule has 0 radical (unpaired) electrons. The number of aryl methyl sites for hydroxylation is 1. The highest BCUT2D eigenvalue weighted by atomic mass is 15.1. The fraction of sp³-hybridized carbons (Fsp3) is 0.571. The largest absolute Gasteiger partial charge is 0.371 e. The van der Waals surface area contributed by atoms with E-state index in [2.05, 4.69) is 48.5 Å². The lowest BCUT2D eigenvalue weighted by atomic mass is 10.0. The Balaban J connectivity index is 2.07. The van der Waals surface area contributed by atoms with Gasteiger partial charge in [-0.1, -0.05) is 25.1 Å². The molecule has 88 valence electrons. The van der Waals surface area contributed by atoms with Crippen LogP contribution in [-0.2, 0) is 6.42 Å². The third-order valence-corrected chi connectivity index (χ3v) is 3.62. The van der Waals surface area contributed by atoms with Crippen LogP contribution in [0.4, 0.5) is 5.69 Å².